The van der Waals surface area contributed by atoms with E-state index in [2.05, 4.69) is 10.3 Å². The van der Waals surface area contributed by atoms with Crippen LogP contribution in [-0.4, -0.2) is 23.0 Å². The molecule has 2 unspecified atom stereocenters. The first-order valence-corrected chi connectivity index (χ1v) is 8.21. The maximum Gasteiger partial charge on any atom is 0.253 e. The van der Waals surface area contributed by atoms with Crippen molar-refractivity contribution in [3.63, 3.8) is 0 Å². The number of fused-ring (bicyclic) bond motifs is 2. The predicted octanol–water partition coefficient (Wildman–Crippen LogP) is 2.62. The summed E-state index contributed by atoms with van der Waals surface area (Å²) >= 11 is 0. The number of carbonyl (C=O) groups is 1. The molecule has 23 heavy (non-hydrogen) atoms. The second kappa shape index (κ2) is 5.57. The molecule has 4 nitrogen and oxygen atoms in total. The van der Waals surface area contributed by atoms with Gasteiger partial charge >= 0.3 is 0 Å². The monoisotopic (exact) mass is 313 g/mol. The average Bonchev–Trinajstić information content (AvgIpc) is 3.04. The first kappa shape index (κ1) is 14.6. The van der Waals surface area contributed by atoms with E-state index in [9.17, 15) is 9.18 Å². The fraction of sp³-hybridized carbons (Fsp3) is 0.444. The van der Waals surface area contributed by atoms with Gasteiger partial charge in [0.1, 0.15) is 5.82 Å². The number of nitrogens with two attached hydrogens (primary N) is 1. The number of benzene rings is 1. The molecule has 3 N–H and O–H groups in total. The van der Waals surface area contributed by atoms with Crippen LogP contribution in [0.1, 0.15) is 36.0 Å². The molecule has 1 aromatic carbocycles. The lowest BCUT2D eigenvalue weighted by Crippen LogP contribution is -2.34. The van der Waals surface area contributed by atoms with Crippen molar-refractivity contribution in [3.8, 4) is 0 Å². The Morgan fingerprint density at radius 2 is 1.91 bits per heavy atom. The Morgan fingerprint density at radius 1 is 1.17 bits per heavy atom. The first-order chi connectivity index (χ1) is 11.1. The topological polar surface area (TPSA) is 68.0 Å². The van der Waals surface area contributed by atoms with Gasteiger partial charge in [-0.1, -0.05) is 0 Å². The molecule has 5 heteroatoms. The summed E-state index contributed by atoms with van der Waals surface area (Å²) in [6.45, 7) is 0. The van der Waals surface area contributed by atoms with Gasteiger partial charge in [0, 0.05) is 23.7 Å². The third-order valence-corrected chi connectivity index (χ3v) is 5.35. The highest BCUT2D eigenvalue weighted by Crippen LogP contribution is 2.43. The summed E-state index contributed by atoms with van der Waals surface area (Å²) in [6, 6.07) is 6.69. The van der Waals surface area contributed by atoms with Crippen molar-refractivity contribution >= 4 is 16.8 Å². The van der Waals surface area contributed by atoms with E-state index in [4.69, 9.17) is 5.73 Å². The van der Waals surface area contributed by atoms with Crippen LogP contribution < -0.4 is 11.1 Å². The van der Waals surface area contributed by atoms with Gasteiger partial charge in [0.2, 0.25) is 0 Å². The predicted molar refractivity (Wildman–Crippen MR) is 86.4 cm³/mol. The minimum atomic E-state index is -0.353. The molecule has 4 rings (SSSR count). The van der Waals surface area contributed by atoms with E-state index in [1.807, 2.05) is 0 Å². The Hall–Kier alpha value is -2.01. The SMILES string of the molecule is NC1CC2CC(NC(=O)c3ccc(F)c4cccnc34)CC2C1. The second-order valence-corrected chi connectivity index (χ2v) is 6.89. The zero-order valence-electron chi connectivity index (χ0n) is 12.8. The van der Waals surface area contributed by atoms with E-state index >= 15 is 0 Å². The van der Waals surface area contributed by atoms with E-state index in [0.29, 0.717) is 34.3 Å². The molecule has 1 amide bonds. The number of halogens is 1. The van der Waals surface area contributed by atoms with Gasteiger partial charge in [0.25, 0.3) is 5.91 Å². The lowest BCUT2D eigenvalue weighted by molar-refractivity contribution is 0.0937. The number of carbonyl (C=O) groups excluding carboxylic acids is 1. The first-order valence-electron chi connectivity index (χ1n) is 8.21. The van der Waals surface area contributed by atoms with Crippen LogP contribution in [0.4, 0.5) is 4.39 Å². The summed E-state index contributed by atoms with van der Waals surface area (Å²) in [6.07, 6.45) is 5.71. The van der Waals surface area contributed by atoms with Crippen molar-refractivity contribution in [2.45, 2.75) is 37.8 Å². The highest BCUT2D eigenvalue weighted by molar-refractivity contribution is 6.05. The maximum atomic E-state index is 13.8. The summed E-state index contributed by atoms with van der Waals surface area (Å²) in [7, 11) is 0. The van der Waals surface area contributed by atoms with Gasteiger partial charge < -0.3 is 11.1 Å². The molecule has 0 saturated heterocycles. The van der Waals surface area contributed by atoms with Crippen molar-refractivity contribution in [3.05, 3.63) is 41.8 Å². The standard InChI is InChI=1S/C18H20FN3O/c19-16-4-3-15(17-14(16)2-1-5-21-17)18(23)22-13-8-10-6-12(20)7-11(10)9-13/h1-5,10-13H,6-9,20H2,(H,22,23). The minimum Gasteiger partial charge on any atom is -0.349 e. The van der Waals surface area contributed by atoms with Crippen LogP contribution in [-0.2, 0) is 0 Å². The van der Waals surface area contributed by atoms with Gasteiger partial charge in [-0.2, -0.15) is 0 Å². The van der Waals surface area contributed by atoms with Crippen LogP contribution in [0.5, 0.6) is 0 Å². The van der Waals surface area contributed by atoms with Gasteiger partial charge in [-0.25, -0.2) is 4.39 Å². The van der Waals surface area contributed by atoms with E-state index < -0.39 is 0 Å². The third-order valence-electron chi connectivity index (χ3n) is 5.35. The fourth-order valence-electron chi connectivity index (χ4n) is 4.37. The number of aromatic nitrogens is 1. The molecule has 2 aromatic rings. The number of hydrogen-bond donors (Lipinski definition) is 2. The van der Waals surface area contributed by atoms with Crippen LogP contribution in [0.3, 0.4) is 0 Å². The summed E-state index contributed by atoms with van der Waals surface area (Å²) < 4.78 is 13.8. The molecule has 2 saturated carbocycles. The van der Waals surface area contributed by atoms with Crippen molar-refractivity contribution in [1.82, 2.24) is 10.3 Å². The van der Waals surface area contributed by atoms with Crippen LogP contribution >= 0.6 is 0 Å². The largest absolute Gasteiger partial charge is 0.349 e. The molecular weight excluding hydrogens is 293 g/mol. The second-order valence-electron chi connectivity index (χ2n) is 6.89. The quantitative estimate of drug-likeness (QED) is 0.895. The molecule has 2 atom stereocenters. The Labute approximate surface area is 134 Å². The molecule has 0 spiro atoms. The van der Waals surface area contributed by atoms with Crippen LogP contribution in [0.15, 0.2) is 30.5 Å². The lowest BCUT2D eigenvalue weighted by Gasteiger charge is -2.15. The fourth-order valence-corrected chi connectivity index (χ4v) is 4.37. The Kier molecular flexibility index (Phi) is 3.53. The Bertz CT molecular complexity index is 749. The van der Waals surface area contributed by atoms with Crippen LogP contribution in [0, 0.1) is 17.7 Å². The summed E-state index contributed by atoms with van der Waals surface area (Å²) in [5, 5.41) is 3.49. The molecular formula is C18H20FN3O. The molecule has 0 bridgehead atoms. The zero-order chi connectivity index (χ0) is 16.0. The lowest BCUT2D eigenvalue weighted by atomic mass is 10.0. The number of pyridine rings is 1. The van der Waals surface area contributed by atoms with E-state index in [-0.39, 0.29) is 17.8 Å². The number of nitrogens with zero attached hydrogens (tertiary/aromatic N) is 1. The Balaban J connectivity index is 1.53. The minimum absolute atomic E-state index is 0.164. The van der Waals surface area contributed by atoms with E-state index in [0.717, 1.165) is 25.7 Å². The van der Waals surface area contributed by atoms with Gasteiger partial charge in [0.15, 0.2) is 0 Å². The molecule has 1 heterocycles. The van der Waals surface area contributed by atoms with Crippen molar-refractivity contribution < 1.29 is 9.18 Å². The van der Waals surface area contributed by atoms with Crippen LogP contribution in [0.25, 0.3) is 10.9 Å². The van der Waals surface area contributed by atoms with Gasteiger partial charge in [-0.15, -0.1) is 0 Å². The molecule has 2 aliphatic carbocycles. The molecule has 2 aliphatic rings. The van der Waals surface area contributed by atoms with Crippen molar-refractivity contribution in [2.75, 3.05) is 0 Å². The smallest absolute Gasteiger partial charge is 0.253 e. The number of amides is 1. The third kappa shape index (κ3) is 2.59. The molecule has 2 fully saturated rings. The van der Waals surface area contributed by atoms with Gasteiger partial charge in [0.05, 0.1) is 11.1 Å². The Morgan fingerprint density at radius 3 is 2.65 bits per heavy atom. The van der Waals surface area contributed by atoms with Crippen molar-refractivity contribution in [1.29, 1.82) is 0 Å². The molecule has 1 aromatic heterocycles. The van der Waals surface area contributed by atoms with E-state index in [1.54, 1.807) is 18.3 Å². The summed E-state index contributed by atoms with van der Waals surface area (Å²) in [5.74, 6) is 0.758. The molecule has 0 radical (unpaired) electrons. The summed E-state index contributed by atoms with van der Waals surface area (Å²) in [4.78, 5) is 16.8. The summed E-state index contributed by atoms with van der Waals surface area (Å²) in [5.41, 5.74) is 6.87. The van der Waals surface area contributed by atoms with Crippen LogP contribution in [0.2, 0.25) is 0 Å². The van der Waals surface area contributed by atoms with Gasteiger partial charge in [-0.05, 0) is 61.8 Å². The molecule has 120 valence electrons. The number of hydrogen-bond acceptors (Lipinski definition) is 3. The van der Waals surface area contributed by atoms with Gasteiger partial charge in [-0.3, -0.25) is 9.78 Å². The van der Waals surface area contributed by atoms with Crippen molar-refractivity contribution in [2.24, 2.45) is 17.6 Å². The normalized spacial score (nSPS) is 29.7. The molecule has 0 aliphatic heterocycles. The van der Waals surface area contributed by atoms with E-state index in [1.165, 1.54) is 12.1 Å². The highest BCUT2D eigenvalue weighted by Gasteiger charge is 2.41. The zero-order valence-corrected chi connectivity index (χ0v) is 12.8. The maximum absolute atomic E-state index is 13.8. The number of rotatable bonds is 2. The number of nitrogens with one attached hydrogen (secondary N) is 1. The average molecular weight is 313 g/mol. The highest BCUT2D eigenvalue weighted by atomic mass is 19.1.